The van der Waals surface area contributed by atoms with E-state index in [1.54, 1.807) is 0 Å². The fraction of sp³-hybridized carbons (Fsp3) is 0.632. The van der Waals surface area contributed by atoms with E-state index in [1.807, 2.05) is 6.92 Å². The van der Waals surface area contributed by atoms with Crippen LogP contribution in [0.25, 0.3) is 0 Å². The Labute approximate surface area is 155 Å². The number of hydrogen-bond donors (Lipinski definition) is 2. The van der Waals surface area contributed by atoms with Crippen LogP contribution < -0.4 is 20.1 Å². The minimum atomic E-state index is -0.0122. The van der Waals surface area contributed by atoms with E-state index in [2.05, 4.69) is 29.7 Å². The monoisotopic (exact) mass is 366 g/mol. The number of ether oxygens (including phenoxy) is 2. The van der Waals surface area contributed by atoms with Gasteiger partial charge in [0.2, 0.25) is 5.91 Å². The molecule has 4 unspecified atom stereocenters. The summed E-state index contributed by atoms with van der Waals surface area (Å²) in [6.07, 6.45) is 4.17. The Hall–Kier alpha value is -1.46. The summed E-state index contributed by atoms with van der Waals surface area (Å²) >= 11 is 0. The molecule has 138 valence electrons. The van der Waals surface area contributed by atoms with E-state index < -0.39 is 0 Å². The highest BCUT2D eigenvalue weighted by Gasteiger charge is 2.43. The molecule has 1 aromatic rings. The summed E-state index contributed by atoms with van der Waals surface area (Å²) in [5.74, 6) is 2.41. The van der Waals surface area contributed by atoms with Gasteiger partial charge >= 0.3 is 0 Å². The van der Waals surface area contributed by atoms with Crippen molar-refractivity contribution in [3.05, 3.63) is 23.3 Å². The number of fused-ring (bicyclic) bond motifs is 1. The summed E-state index contributed by atoms with van der Waals surface area (Å²) < 4.78 is 11.8. The van der Waals surface area contributed by atoms with Crippen LogP contribution >= 0.6 is 12.4 Å². The quantitative estimate of drug-likeness (QED) is 0.840. The second kappa shape index (κ2) is 7.42. The zero-order valence-electron chi connectivity index (χ0n) is 14.8. The van der Waals surface area contributed by atoms with Crippen molar-refractivity contribution in [2.45, 2.75) is 63.6 Å². The van der Waals surface area contributed by atoms with Gasteiger partial charge in [0, 0.05) is 29.5 Å². The largest absolute Gasteiger partial charge is 0.494 e. The molecule has 1 saturated carbocycles. The molecule has 4 atom stereocenters. The summed E-state index contributed by atoms with van der Waals surface area (Å²) in [6, 6.07) is 4.47. The van der Waals surface area contributed by atoms with Crippen LogP contribution in [0.15, 0.2) is 12.1 Å². The van der Waals surface area contributed by atoms with Crippen molar-refractivity contribution in [2.75, 3.05) is 13.2 Å². The first kappa shape index (κ1) is 18.3. The first-order chi connectivity index (χ1) is 11.7. The maximum absolute atomic E-state index is 12.3. The van der Waals surface area contributed by atoms with E-state index in [0.717, 1.165) is 43.7 Å². The van der Waals surface area contributed by atoms with Crippen molar-refractivity contribution < 1.29 is 14.3 Å². The summed E-state index contributed by atoms with van der Waals surface area (Å²) in [7, 11) is 0. The molecule has 1 saturated heterocycles. The van der Waals surface area contributed by atoms with Crippen LogP contribution in [-0.4, -0.2) is 37.2 Å². The van der Waals surface area contributed by atoms with Crippen LogP contribution in [0.5, 0.6) is 11.5 Å². The molecule has 5 nitrogen and oxygen atoms in total. The van der Waals surface area contributed by atoms with Crippen LogP contribution in [0.2, 0.25) is 0 Å². The average Bonchev–Trinajstić information content (AvgIpc) is 2.98. The van der Waals surface area contributed by atoms with Crippen molar-refractivity contribution >= 4 is 18.3 Å². The number of rotatable bonds is 5. The smallest absolute Gasteiger partial charge is 0.237 e. The Bertz CT molecular complexity index is 646. The molecule has 1 aliphatic carbocycles. The second-order valence-corrected chi connectivity index (χ2v) is 7.17. The van der Waals surface area contributed by atoms with Gasteiger partial charge in [-0.15, -0.1) is 12.4 Å². The van der Waals surface area contributed by atoms with Gasteiger partial charge in [0.1, 0.15) is 17.6 Å². The number of hydrogen-bond acceptors (Lipinski definition) is 4. The third-order valence-electron chi connectivity index (χ3n) is 5.22. The number of amides is 1. The van der Waals surface area contributed by atoms with Gasteiger partial charge < -0.3 is 20.1 Å². The maximum atomic E-state index is 12.3. The van der Waals surface area contributed by atoms with Gasteiger partial charge in [-0.05, 0) is 51.8 Å². The second-order valence-electron chi connectivity index (χ2n) is 7.17. The number of halogens is 1. The summed E-state index contributed by atoms with van der Waals surface area (Å²) in [6.45, 7) is 5.70. The van der Waals surface area contributed by atoms with Gasteiger partial charge in [0.05, 0.1) is 12.6 Å². The summed E-state index contributed by atoms with van der Waals surface area (Å²) in [5.41, 5.74) is 2.40. The highest BCUT2D eigenvalue weighted by Crippen LogP contribution is 2.48. The molecule has 1 amide bonds. The third kappa shape index (κ3) is 3.72. The molecule has 2 heterocycles. The molecule has 0 aromatic heterocycles. The SMILES string of the molecule is CCOc1cc2c(cc1C1CC1NC(=O)C1CCCN1)OC(C)C2.Cl. The normalized spacial score (nSPS) is 29.4. The lowest BCUT2D eigenvalue weighted by Crippen LogP contribution is -2.41. The predicted molar refractivity (Wildman–Crippen MR) is 99.0 cm³/mol. The van der Waals surface area contributed by atoms with Crippen molar-refractivity contribution in [3.63, 3.8) is 0 Å². The molecule has 2 aliphatic heterocycles. The van der Waals surface area contributed by atoms with E-state index in [0.29, 0.717) is 12.5 Å². The van der Waals surface area contributed by atoms with Crippen LogP contribution in [-0.2, 0) is 11.2 Å². The van der Waals surface area contributed by atoms with Crippen molar-refractivity contribution in [1.29, 1.82) is 0 Å². The highest BCUT2D eigenvalue weighted by atomic mass is 35.5. The fourth-order valence-electron chi connectivity index (χ4n) is 3.92. The Balaban J connectivity index is 0.00000182. The molecule has 4 rings (SSSR count). The number of nitrogens with one attached hydrogen (secondary N) is 2. The lowest BCUT2D eigenvalue weighted by atomic mass is 10.0. The molecule has 3 aliphatic rings. The summed E-state index contributed by atoms with van der Waals surface area (Å²) in [4.78, 5) is 12.3. The van der Waals surface area contributed by atoms with Crippen molar-refractivity contribution in [2.24, 2.45) is 0 Å². The fourth-order valence-corrected chi connectivity index (χ4v) is 3.92. The van der Waals surface area contributed by atoms with Crippen molar-refractivity contribution in [1.82, 2.24) is 10.6 Å². The lowest BCUT2D eigenvalue weighted by Gasteiger charge is -2.14. The van der Waals surface area contributed by atoms with Gasteiger partial charge in [0.15, 0.2) is 0 Å². The van der Waals surface area contributed by atoms with E-state index in [4.69, 9.17) is 9.47 Å². The molecule has 0 radical (unpaired) electrons. The summed E-state index contributed by atoms with van der Waals surface area (Å²) in [5, 5.41) is 6.45. The maximum Gasteiger partial charge on any atom is 0.237 e. The molecule has 0 bridgehead atoms. The van der Waals surface area contributed by atoms with E-state index in [1.165, 1.54) is 11.1 Å². The lowest BCUT2D eigenvalue weighted by molar-refractivity contribution is -0.122. The van der Waals surface area contributed by atoms with Gasteiger partial charge in [-0.1, -0.05) is 0 Å². The first-order valence-electron chi connectivity index (χ1n) is 9.15. The van der Waals surface area contributed by atoms with Crippen molar-refractivity contribution in [3.8, 4) is 11.5 Å². The standard InChI is InChI=1S/C19H26N2O3.ClH/c1-3-23-18-8-12-7-11(2)24-17(12)10-14(18)13-9-16(13)21-19(22)15-5-4-6-20-15;/h8,10-11,13,15-16,20H,3-7,9H2,1-2H3,(H,21,22);1H. The number of carbonyl (C=O) groups excluding carboxylic acids is 1. The average molecular weight is 367 g/mol. The van der Waals surface area contributed by atoms with Gasteiger partial charge in [-0.2, -0.15) is 0 Å². The Morgan fingerprint density at radius 2 is 2.28 bits per heavy atom. The Morgan fingerprint density at radius 3 is 3.00 bits per heavy atom. The number of benzene rings is 1. The van der Waals surface area contributed by atoms with Crippen LogP contribution in [0.4, 0.5) is 0 Å². The zero-order chi connectivity index (χ0) is 16.7. The molecule has 0 spiro atoms. The molecule has 25 heavy (non-hydrogen) atoms. The van der Waals surface area contributed by atoms with Gasteiger partial charge in [-0.25, -0.2) is 0 Å². The van der Waals surface area contributed by atoms with Crippen LogP contribution in [0.1, 0.15) is 50.2 Å². The molecular formula is C19H27ClN2O3. The van der Waals surface area contributed by atoms with E-state index in [9.17, 15) is 4.79 Å². The minimum Gasteiger partial charge on any atom is -0.494 e. The Morgan fingerprint density at radius 1 is 1.44 bits per heavy atom. The molecule has 6 heteroatoms. The van der Waals surface area contributed by atoms with Crippen LogP contribution in [0.3, 0.4) is 0 Å². The molecular weight excluding hydrogens is 340 g/mol. The Kier molecular flexibility index (Phi) is 5.44. The zero-order valence-corrected chi connectivity index (χ0v) is 15.7. The molecule has 2 fully saturated rings. The molecule has 2 N–H and O–H groups in total. The van der Waals surface area contributed by atoms with E-state index >= 15 is 0 Å². The van der Waals surface area contributed by atoms with Crippen LogP contribution in [0, 0.1) is 0 Å². The van der Waals surface area contributed by atoms with E-state index in [-0.39, 0.29) is 36.5 Å². The third-order valence-corrected chi connectivity index (χ3v) is 5.22. The topological polar surface area (TPSA) is 59.6 Å². The number of carbonyl (C=O) groups is 1. The van der Waals surface area contributed by atoms with Gasteiger partial charge in [0.25, 0.3) is 0 Å². The minimum absolute atomic E-state index is 0. The molecule has 1 aromatic carbocycles. The first-order valence-corrected chi connectivity index (χ1v) is 9.15. The van der Waals surface area contributed by atoms with Gasteiger partial charge in [-0.3, -0.25) is 4.79 Å². The predicted octanol–water partition coefficient (Wildman–Crippen LogP) is 2.55. The highest BCUT2D eigenvalue weighted by molar-refractivity contribution is 5.85.